The first-order chi connectivity index (χ1) is 8.63. The van der Waals surface area contributed by atoms with E-state index in [1.165, 1.54) is 18.4 Å². The number of piperidine rings is 1. The average molecular weight is 247 g/mol. The lowest BCUT2D eigenvalue weighted by Gasteiger charge is -2.39. The summed E-state index contributed by atoms with van der Waals surface area (Å²) in [6, 6.07) is 4.98. The van der Waals surface area contributed by atoms with Gasteiger partial charge >= 0.3 is 0 Å². The van der Waals surface area contributed by atoms with Crippen LogP contribution < -0.4 is 10.2 Å². The highest BCUT2D eigenvalue weighted by Gasteiger charge is 2.25. The Morgan fingerprint density at radius 3 is 2.83 bits per heavy atom. The molecule has 2 unspecified atom stereocenters. The van der Waals surface area contributed by atoms with Crippen LogP contribution in [0.5, 0.6) is 0 Å². The van der Waals surface area contributed by atoms with Crippen molar-refractivity contribution in [1.82, 2.24) is 10.3 Å². The van der Waals surface area contributed by atoms with Crippen LogP contribution in [0.15, 0.2) is 12.1 Å². The van der Waals surface area contributed by atoms with Crippen LogP contribution in [-0.2, 0) is 6.54 Å². The Hall–Kier alpha value is -1.09. The second-order valence-electron chi connectivity index (χ2n) is 5.50. The van der Waals surface area contributed by atoms with E-state index in [0.717, 1.165) is 30.5 Å². The topological polar surface area (TPSA) is 28.2 Å². The number of aryl methyl sites for hydroxylation is 1. The minimum Gasteiger partial charge on any atom is -0.354 e. The first-order valence-corrected chi connectivity index (χ1v) is 7.01. The third kappa shape index (κ3) is 2.66. The molecule has 0 aromatic carbocycles. The summed E-state index contributed by atoms with van der Waals surface area (Å²) in [7, 11) is 1.97. The van der Waals surface area contributed by atoms with Crippen molar-refractivity contribution in [3.05, 3.63) is 23.4 Å². The van der Waals surface area contributed by atoms with Gasteiger partial charge in [0.2, 0.25) is 0 Å². The van der Waals surface area contributed by atoms with E-state index in [1.807, 2.05) is 7.05 Å². The van der Waals surface area contributed by atoms with Crippen LogP contribution in [0.1, 0.15) is 37.9 Å². The number of nitrogens with zero attached hydrogens (tertiary/aromatic N) is 2. The van der Waals surface area contributed by atoms with Gasteiger partial charge in [-0.1, -0.05) is 13.0 Å². The molecule has 100 valence electrons. The third-order valence-electron chi connectivity index (χ3n) is 4.22. The molecule has 1 aromatic heterocycles. The minimum atomic E-state index is 0.598. The van der Waals surface area contributed by atoms with Crippen molar-refractivity contribution in [1.29, 1.82) is 0 Å². The molecular formula is C15H25N3. The number of pyridine rings is 1. The molecule has 0 radical (unpaired) electrons. The lowest BCUT2D eigenvalue weighted by atomic mass is 9.92. The molecule has 0 aliphatic carbocycles. The van der Waals surface area contributed by atoms with E-state index in [4.69, 9.17) is 4.98 Å². The third-order valence-corrected chi connectivity index (χ3v) is 4.22. The Balaban J connectivity index is 2.20. The van der Waals surface area contributed by atoms with E-state index in [-0.39, 0.29) is 0 Å². The van der Waals surface area contributed by atoms with Gasteiger partial charge in [-0.2, -0.15) is 0 Å². The molecule has 18 heavy (non-hydrogen) atoms. The number of aromatic nitrogens is 1. The maximum atomic E-state index is 4.79. The van der Waals surface area contributed by atoms with Gasteiger partial charge in [0.25, 0.3) is 0 Å². The lowest BCUT2D eigenvalue weighted by molar-refractivity contribution is 0.361. The Labute approximate surface area is 111 Å². The van der Waals surface area contributed by atoms with Crippen molar-refractivity contribution in [2.75, 3.05) is 18.5 Å². The minimum absolute atomic E-state index is 0.598. The molecule has 1 N–H and O–H groups in total. The first-order valence-electron chi connectivity index (χ1n) is 7.01. The summed E-state index contributed by atoms with van der Waals surface area (Å²) in [5, 5.41) is 3.19. The summed E-state index contributed by atoms with van der Waals surface area (Å²) in [5.74, 6) is 1.91. The Kier molecular flexibility index (Phi) is 4.23. The van der Waals surface area contributed by atoms with Crippen molar-refractivity contribution in [2.24, 2.45) is 5.92 Å². The number of hydrogen-bond donors (Lipinski definition) is 1. The predicted molar refractivity (Wildman–Crippen MR) is 76.9 cm³/mol. The van der Waals surface area contributed by atoms with Crippen molar-refractivity contribution >= 4 is 5.82 Å². The fourth-order valence-corrected chi connectivity index (χ4v) is 2.77. The molecule has 3 heteroatoms. The van der Waals surface area contributed by atoms with Gasteiger partial charge in [0, 0.05) is 24.8 Å². The SMILES string of the molecule is CNCc1ccc(N2CCCC(C)C2C)nc1C. The highest BCUT2D eigenvalue weighted by molar-refractivity contribution is 5.43. The average Bonchev–Trinajstić information content (AvgIpc) is 2.35. The van der Waals surface area contributed by atoms with Crippen LogP contribution in [0.3, 0.4) is 0 Å². The van der Waals surface area contributed by atoms with Crippen molar-refractivity contribution in [3.8, 4) is 0 Å². The van der Waals surface area contributed by atoms with E-state index in [1.54, 1.807) is 0 Å². The fraction of sp³-hybridized carbons (Fsp3) is 0.667. The zero-order valence-electron chi connectivity index (χ0n) is 12.0. The summed E-state index contributed by atoms with van der Waals surface area (Å²) in [6.45, 7) is 8.81. The number of nitrogens with one attached hydrogen (secondary N) is 1. The largest absolute Gasteiger partial charge is 0.354 e. The molecule has 2 heterocycles. The molecule has 0 amide bonds. The van der Waals surface area contributed by atoms with Gasteiger partial charge in [-0.05, 0) is 51.3 Å². The van der Waals surface area contributed by atoms with E-state index in [9.17, 15) is 0 Å². The van der Waals surface area contributed by atoms with E-state index < -0.39 is 0 Å². The summed E-state index contributed by atoms with van der Waals surface area (Å²) in [4.78, 5) is 7.25. The van der Waals surface area contributed by atoms with Gasteiger partial charge in [-0.3, -0.25) is 0 Å². The summed E-state index contributed by atoms with van der Waals surface area (Å²) in [6.07, 6.45) is 2.62. The number of anilines is 1. The van der Waals surface area contributed by atoms with Gasteiger partial charge in [0.1, 0.15) is 5.82 Å². The van der Waals surface area contributed by atoms with Crippen LogP contribution >= 0.6 is 0 Å². The van der Waals surface area contributed by atoms with Gasteiger partial charge < -0.3 is 10.2 Å². The van der Waals surface area contributed by atoms with Crippen LogP contribution in [0.25, 0.3) is 0 Å². The molecule has 1 aliphatic heterocycles. The van der Waals surface area contributed by atoms with Gasteiger partial charge in [0.15, 0.2) is 0 Å². The molecule has 2 rings (SSSR count). The number of rotatable bonds is 3. The molecule has 1 fully saturated rings. The first kappa shape index (κ1) is 13.3. The maximum Gasteiger partial charge on any atom is 0.129 e. The van der Waals surface area contributed by atoms with Gasteiger partial charge in [-0.25, -0.2) is 4.98 Å². The monoisotopic (exact) mass is 247 g/mol. The zero-order valence-corrected chi connectivity index (χ0v) is 12.0. The highest BCUT2D eigenvalue weighted by atomic mass is 15.2. The second-order valence-corrected chi connectivity index (χ2v) is 5.50. The normalized spacial score (nSPS) is 24.3. The fourth-order valence-electron chi connectivity index (χ4n) is 2.77. The standard InChI is InChI=1S/C15H25N3/c1-11-6-5-9-18(13(11)3)15-8-7-14(10-16-4)12(2)17-15/h7-8,11,13,16H,5-6,9-10H2,1-4H3. The molecule has 0 bridgehead atoms. The van der Waals surface area contributed by atoms with Crippen LogP contribution in [0.2, 0.25) is 0 Å². The molecule has 0 saturated carbocycles. The van der Waals surface area contributed by atoms with Crippen LogP contribution in [0, 0.1) is 12.8 Å². The molecule has 0 spiro atoms. The van der Waals surface area contributed by atoms with Gasteiger partial charge in [0.05, 0.1) is 0 Å². The molecule has 3 nitrogen and oxygen atoms in total. The molecular weight excluding hydrogens is 222 g/mol. The summed E-state index contributed by atoms with van der Waals surface area (Å²) >= 11 is 0. The molecule has 1 aliphatic rings. The maximum absolute atomic E-state index is 4.79. The zero-order chi connectivity index (χ0) is 13.1. The predicted octanol–water partition coefficient (Wildman–Crippen LogP) is 2.73. The molecule has 1 saturated heterocycles. The van der Waals surface area contributed by atoms with Crippen molar-refractivity contribution in [3.63, 3.8) is 0 Å². The Morgan fingerprint density at radius 1 is 1.39 bits per heavy atom. The number of hydrogen-bond acceptors (Lipinski definition) is 3. The molecule has 1 aromatic rings. The summed E-state index contributed by atoms with van der Waals surface area (Å²) < 4.78 is 0. The van der Waals surface area contributed by atoms with Crippen LogP contribution in [0.4, 0.5) is 5.82 Å². The van der Waals surface area contributed by atoms with Gasteiger partial charge in [-0.15, -0.1) is 0 Å². The molecule has 2 atom stereocenters. The Bertz CT molecular complexity index is 403. The van der Waals surface area contributed by atoms with Crippen molar-refractivity contribution < 1.29 is 0 Å². The Morgan fingerprint density at radius 2 is 2.17 bits per heavy atom. The summed E-state index contributed by atoms with van der Waals surface area (Å²) in [5.41, 5.74) is 2.44. The van der Waals surface area contributed by atoms with E-state index in [2.05, 4.69) is 43.1 Å². The van der Waals surface area contributed by atoms with E-state index >= 15 is 0 Å². The quantitative estimate of drug-likeness (QED) is 0.890. The highest BCUT2D eigenvalue weighted by Crippen LogP contribution is 2.27. The van der Waals surface area contributed by atoms with E-state index in [0.29, 0.717) is 6.04 Å². The smallest absolute Gasteiger partial charge is 0.129 e. The van der Waals surface area contributed by atoms with Crippen LogP contribution in [-0.4, -0.2) is 24.6 Å². The second kappa shape index (κ2) is 5.70. The van der Waals surface area contributed by atoms with Crippen molar-refractivity contribution in [2.45, 2.75) is 46.2 Å². The lowest BCUT2D eigenvalue weighted by Crippen LogP contribution is -2.43.